The molecule has 0 fully saturated rings. The highest BCUT2D eigenvalue weighted by Crippen LogP contribution is 2.21. The third kappa shape index (κ3) is 5.64. The van der Waals surface area contributed by atoms with Crippen LogP contribution in [0, 0.1) is 0 Å². The van der Waals surface area contributed by atoms with E-state index in [9.17, 15) is 0 Å². The van der Waals surface area contributed by atoms with Crippen LogP contribution in [0.25, 0.3) is 0 Å². The fraction of sp³-hybridized carbons (Fsp3) is 0.600. The highest BCUT2D eigenvalue weighted by atomic mass is 35.5. The predicted molar refractivity (Wildman–Crippen MR) is 84.7 cm³/mol. The Balaban J connectivity index is 2.61. The number of halogens is 1. The normalized spacial score (nSPS) is 14.4. The zero-order valence-electron chi connectivity index (χ0n) is 11.6. The van der Waals surface area contributed by atoms with Crippen LogP contribution in [0.1, 0.15) is 44.7 Å². The maximum Gasteiger partial charge on any atom is 0.0406 e. The molecule has 0 amide bonds. The molecule has 0 aromatic heterocycles. The number of nitrogens with one attached hydrogen (secondary N) is 1. The van der Waals surface area contributed by atoms with E-state index in [0.717, 1.165) is 5.02 Å². The average molecular weight is 286 g/mol. The number of hydrogen-bond acceptors (Lipinski definition) is 2. The molecular formula is C15H24ClNS. The molecule has 0 aliphatic heterocycles. The van der Waals surface area contributed by atoms with Gasteiger partial charge in [0.05, 0.1) is 0 Å². The van der Waals surface area contributed by atoms with E-state index < -0.39 is 0 Å². The predicted octanol–water partition coefficient (Wildman–Crippen LogP) is 4.91. The molecule has 1 N–H and O–H groups in total. The smallest absolute Gasteiger partial charge is 0.0406 e. The monoisotopic (exact) mass is 285 g/mol. The molecule has 0 bridgehead atoms. The van der Waals surface area contributed by atoms with E-state index in [1.165, 1.54) is 30.6 Å². The highest BCUT2D eigenvalue weighted by molar-refractivity contribution is 7.98. The van der Waals surface area contributed by atoms with Gasteiger partial charge in [0.2, 0.25) is 0 Å². The maximum absolute atomic E-state index is 5.94. The van der Waals surface area contributed by atoms with E-state index in [1.807, 2.05) is 23.9 Å². The summed E-state index contributed by atoms with van der Waals surface area (Å²) < 4.78 is 0. The summed E-state index contributed by atoms with van der Waals surface area (Å²) in [5.41, 5.74) is 1.34. The Labute approximate surface area is 121 Å². The molecule has 0 aliphatic carbocycles. The quantitative estimate of drug-likeness (QED) is 0.728. The van der Waals surface area contributed by atoms with Crippen molar-refractivity contribution in [3.8, 4) is 0 Å². The first-order chi connectivity index (χ1) is 8.67. The molecule has 1 aromatic rings. The van der Waals surface area contributed by atoms with Gasteiger partial charge in [-0.3, -0.25) is 0 Å². The van der Waals surface area contributed by atoms with Gasteiger partial charge in [0.15, 0.2) is 0 Å². The van der Waals surface area contributed by atoms with Crippen LogP contribution in [0.2, 0.25) is 5.02 Å². The van der Waals surface area contributed by atoms with Crippen LogP contribution >= 0.6 is 23.4 Å². The summed E-state index contributed by atoms with van der Waals surface area (Å²) in [5, 5.41) is 4.54. The molecule has 102 valence electrons. The van der Waals surface area contributed by atoms with Gasteiger partial charge in [-0.25, -0.2) is 0 Å². The second-order valence-electron chi connectivity index (χ2n) is 4.74. The molecule has 1 nitrogen and oxygen atoms in total. The summed E-state index contributed by atoms with van der Waals surface area (Å²) in [5.74, 6) is 1.22. The molecule has 0 saturated heterocycles. The third-order valence-corrected chi connectivity index (χ3v) is 3.99. The van der Waals surface area contributed by atoms with Gasteiger partial charge in [0.1, 0.15) is 0 Å². The first kappa shape index (κ1) is 15.9. The summed E-state index contributed by atoms with van der Waals surface area (Å²) in [7, 11) is 0. The van der Waals surface area contributed by atoms with Gasteiger partial charge in [-0.15, -0.1) is 0 Å². The summed E-state index contributed by atoms with van der Waals surface area (Å²) >= 11 is 7.86. The minimum Gasteiger partial charge on any atom is -0.307 e. The third-order valence-electron chi connectivity index (χ3n) is 3.09. The lowest BCUT2D eigenvalue weighted by molar-refractivity contribution is 0.425. The summed E-state index contributed by atoms with van der Waals surface area (Å²) in [6.07, 6.45) is 5.74. The van der Waals surface area contributed by atoms with Crippen LogP contribution in [0.3, 0.4) is 0 Å². The lowest BCUT2D eigenvalue weighted by Crippen LogP contribution is -2.31. The van der Waals surface area contributed by atoms with E-state index in [4.69, 9.17) is 11.6 Å². The van der Waals surface area contributed by atoms with Gasteiger partial charge in [0, 0.05) is 17.1 Å². The fourth-order valence-electron chi connectivity index (χ4n) is 2.05. The molecular weight excluding hydrogens is 262 g/mol. The topological polar surface area (TPSA) is 12.0 Å². The maximum atomic E-state index is 5.94. The van der Waals surface area contributed by atoms with Gasteiger partial charge in [-0.05, 0) is 49.5 Å². The van der Waals surface area contributed by atoms with Crippen molar-refractivity contribution in [1.29, 1.82) is 0 Å². The molecule has 0 radical (unpaired) electrons. The largest absolute Gasteiger partial charge is 0.307 e. The SMILES string of the molecule is CCCC(NC(C)CCSC)c1ccc(Cl)cc1. The van der Waals surface area contributed by atoms with Crippen LogP contribution in [0.15, 0.2) is 24.3 Å². The fourth-order valence-corrected chi connectivity index (χ4v) is 2.77. The van der Waals surface area contributed by atoms with Crippen LogP contribution < -0.4 is 5.32 Å². The Morgan fingerprint density at radius 1 is 1.22 bits per heavy atom. The second kappa shape index (κ2) is 8.84. The van der Waals surface area contributed by atoms with E-state index in [0.29, 0.717) is 12.1 Å². The minimum absolute atomic E-state index is 0.448. The molecule has 1 aromatic carbocycles. The molecule has 18 heavy (non-hydrogen) atoms. The summed E-state index contributed by atoms with van der Waals surface area (Å²) in [6, 6.07) is 9.24. The first-order valence-electron chi connectivity index (χ1n) is 6.67. The molecule has 0 aliphatic rings. The lowest BCUT2D eigenvalue weighted by Gasteiger charge is -2.23. The van der Waals surface area contributed by atoms with Crippen LogP contribution in [-0.4, -0.2) is 18.1 Å². The first-order valence-corrected chi connectivity index (χ1v) is 8.45. The van der Waals surface area contributed by atoms with Gasteiger partial charge in [0.25, 0.3) is 0 Å². The van der Waals surface area contributed by atoms with Gasteiger partial charge in [-0.1, -0.05) is 37.1 Å². The standard InChI is InChI=1S/C15H24ClNS/c1-4-5-15(17-12(2)10-11-18-3)13-6-8-14(16)9-7-13/h6-9,12,15,17H,4-5,10-11H2,1-3H3. The van der Waals surface area contributed by atoms with Gasteiger partial charge >= 0.3 is 0 Å². The molecule has 1 rings (SSSR count). The van der Waals surface area contributed by atoms with E-state index >= 15 is 0 Å². The lowest BCUT2D eigenvalue weighted by atomic mass is 10.0. The minimum atomic E-state index is 0.448. The van der Waals surface area contributed by atoms with Crippen molar-refractivity contribution in [2.75, 3.05) is 12.0 Å². The molecule has 0 heterocycles. The van der Waals surface area contributed by atoms with Crippen LogP contribution in [-0.2, 0) is 0 Å². The van der Waals surface area contributed by atoms with Crippen LogP contribution in [0.4, 0.5) is 0 Å². The second-order valence-corrected chi connectivity index (χ2v) is 6.16. The Morgan fingerprint density at radius 2 is 1.89 bits per heavy atom. The van der Waals surface area contributed by atoms with E-state index in [1.54, 1.807) is 0 Å². The van der Waals surface area contributed by atoms with Gasteiger partial charge in [-0.2, -0.15) is 11.8 Å². The van der Waals surface area contributed by atoms with Crippen molar-refractivity contribution in [2.24, 2.45) is 0 Å². The molecule has 0 spiro atoms. The molecule has 0 saturated carbocycles. The van der Waals surface area contributed by atoms with Crippen molar-refractivity contribution in [1.82, 2.24) is 5.32 Å². The van der Waals surface area contributed by atoms with Crippen molar-refractivity contribution in [3.63, 3.8) is 0 Å². The zero-order valence-corrected chi connectivity index (χ0v) is 13.2. The number of thioether (sulfide) groups is 1. The Hall–Kier alpha value is -0.180. The highest BCUT2D eigenvalue weighted by Gasteiger charge is 2.13. The van der Waals surface area contributed by atoms with Crippen molar-refractivity contribution in [3.05, 3.63) is 34.9 Å². The van der Waals surface area contributed by atoms with E-state index in [2.05, 4.69) is 37.6 Å². The van der Waals surface area contributed by atoms with E-state index in [-0.39, 0.29) is 0 Å². The number of rotatable bonds is 8. The molecule has 3 heteroatoms. The Kier molecular flexibility index (Phi) is 7.80. The van der Waals surface area contributed by atoms with Crippen LogP contribution in [0.5, 0.6) is 0 Å². The Bertz CT molecular complexity index is 326. The zero-order chi connectivity index (χ0) is 13.4. The molecule has 2 atom stereocenters. The number of benzene rings is 1. The summed E-state index contributed by atoms with van der Waals surface area (Å²) in [6.45, 7) is 4.51. The molecule has 2 unspecified atom stereocenters. The average Bonchev–Trinajstić information content (AvgIpc) is 2.37. The van der Waals surface area contributed by atoms with Crippen molar-refractivity contribution >= 4 is 23.4 Å². The van der Waals surface area contributed by atoms with Crippen molar-refractivity contribution < 1.29 is 0 Å². The summed E-state index contributed by atoms with van der Waals surface area (Å²) in [4.78, 5) is 0. The Morgan fingerprint density at radius 3 is 2.44 bits per heavy atom. The van der Waals surface area contributed by atoms with Crippen molar-refractivity contribution in [2.45, 2.75) is 45.2 Å². The van der Waals surface area contributed by atoms with Gasteiger partial charge < -0.3 is 5.32 Å². The number of hydrogen-bond donors (Lipinski definition) is 1.